The van der Waals surface area contributed by atoms with Crippen LogP contribution in [0.5, 0.6) is 0 Å². The predicted octanol–water partition coefficient (Wildman–Crippen LogP) is 1.39. The summed E-state index contributed by atoms with van der Waals surface area (Å²) in [6.07, 6.45) is 8.57. The Morgan fingerprint density at radius 3 is 2.80 bits per heavy atom. The van der Waals surface area contributed by atoms with Crippen LogP contribution in [0, 0.1) is 23.7 Å². The fourth-order valence-corrected chi connectivity index (χ4v) is 8.58. The average Bonchev–Trinajstić information content (AvgIpc) is 3.22. The number of carbonyl (C=O) groups is 2. The van der Waals surface area contributed by atoms with Gasteiger partial charge in [0.1, 0.15) is 6.10 Å². The van der Waals surface area contributed by atoms with E-state index in [0.29, 0.717) is 48.3 Å². The molecule has 0 aromatic rings. The van der Waals surface area contributed by atoms with E-state index in [4.69, 9.17) is 9.47 Å². The maximum atomic E-state index is 13.7. The number of amides is 2. The molecule has 6 rings (SSSR count). The van der Waals surface area contributed by atoms with Gasteiger partial charge in [-0.15, -0.1) is 0 Å². The Morgan fingerprint density at radius 1 is 1.11 bits per heavy atom. The lowest BCUT2D eigenvalue weighted by Gasteiger charge is -2.52. The van der Waals surface area contributed by atoms with E-state index in [1.54, 1.807) is 0 Å². The van der Waals surface area contributed by atoms with Crippen LogP contribution in [0.4, 0.5) is 0 Å². The average molecular weight is 489 g/mol. The molecular formula is C27H44N4O4. The van der Waals surface area contributed by atoms with Gasteiger partial charge in [0.05, 0.1) is 25.4 Å². The highest BCUT2D eigenvalue weighted by Crippen LogP contribution is 2.54. The van der Waals surface area contributed by atoms with Crippen LogP contribution in [0.1, 0.15) is 58.3 Å². The zero-order chi connectivity index (χ0) is 23.9. The first-order valence-corrected chi connectivity index (χ1v) is 14.4. The van der Waals surface area contributed by atoms with Crippen molar-refractivity contribution >= 4 is 11.8 Å². The van der Waals surface area contributed by atoms with Gasteiger partial charge < -0.3 is 25.0 Å². The van der Waals surface area contributed by atoms with Gasteiger partial charge in [0.2, 0.25) is 11.8 Å². The highest BCUT2D eigenvalue weighted by Gasteiger charge is 2.61. The molecule has 4 heterocycles. The number of hydrogen-bond donors (Lipinski definition) is 2. The van der Waals surface area contributed by atoms with E-state index in [2.05, 4.69) is 20.4 Å². The minimum absolute atomic E-state index is 0.00888. The van der Waals surface area contributed by atoms with Crippen molar-refractivity contribution in [3.05, 3.63) is 0 Å². The third kappa shape index (κ3) is 4.53. The minimum atomic E-state index is -0.435. The number of hydrogen-bond acceptors (Lipinski definition) is 6. The summed E-state index contributed by atoms with van der Waals surface area (Å²) in [7, 11) is 0. The molecular weight excluding hydrogens is 444 g/mol. The normalized spacial score (nSPS) is 42.1. The molecule has 0 aromatic carbocycles. The molecule has 2 N–H and O–H groups in total. The minimum Gasteiger partial charge on any atom is -0.379 e. The summed E-state index contributed by atoms with van der Waals surface area (Å²) in [5, 5.41) is 6.93. The zero-order valence-electron chi connectivity index (χ0n) is 21.3. The first kappa shape index (κ1) is 24.1. The second-order valence-corrected chi connectivity index (χ2v) is 11.9. The van der Waals surface area contributed by atoms with Gasteiger partial charge in [-0.05, 0) is 69.7 Å². The van der Waals surface area contributed by atoms with Crippen molar-refractivity contribution in [3.63, 3.8) is 0 Å². The summed E-state index contributed by atoms with van der Waals surface area (Å²) in [5.41, 5.74) is 0. The Bertz CT molecular complexity index is 789. The van der Waals surface area contributed by atoms with Gasteiger partial charge in [-0.25, -0.2) is 0 Å². The van der Waals surface area contributed by atoms with Gasteiger partial charge in [0.25, 0.3) is 0 Å². The van der Waals surface area contributed by atoms with E-state index in [-0.39, 0.29) is 17.9 Å². The molecule has 8 unspecified atom stereocenters. The first-order valence-electron chi connectivity index (χ1n) is 14.4. The molecule has 35 heavy (non-hydrogen) atoms. The van der Waals surface area contributed by atoms with Crippen LogP contribution in [0.2, 0.25) is 0 Å². The summed E-state index contributed by atoms with van der Waals surface area (Å²) < 4.78 is 11.7. The Morgan fingerprint density at radius 2 is 1.94 bits per heavy atom. The summed E-state index contributed by atoms with van der Waals surface area (Å²) >= 11 is 0. The van der Waals surface area contributed by atoms with Crippen molar-refractivity contribution in [2.24, 2.45) is 23.7 Å². The maximum Gasteiger partial charge on any atom is 0.248 e. The molecule has 0 spiro atoms. The summed E-state index contributed by atoms with van der Waals surface area (Å²) in [6.45, 7) is 7.91. The predicted molar refractivity (Wildman–Crippen MR) is 132 cm³/mol. The van der Waals surface area contributed by atoms with E-state index >= 15 is 0 Å². The number of nitrogens with zero attached hydrogens (tertiary/aromatic N) is 2. The van der Waals surface area contributed by atoms with Crippen molar-refractivity contribution in [2.45, 2.75) is 88.6 Å². The molecule has 0 aromatic heterocycles. The number of fused-ring (bicyclic) bond motifs is 5. The molecule has 2 amide bonds. The third-order valence-electron chi connectivity index (χ3n) is 10.2. The van der Waals surface area contributed by atoms with Crippen LogP contribution in [0.25, 0.3) is 0 Å². The smallest absolute Gasteiger partial charge is 0.248 e. The van der Waals surface area contributed by atoms with Crippen LogP contribution in [-0.4, -0.2) is 97.9 Å². The third-order valence-corrected chi connectivity index (χ3v) is 10.2. The molecule has 8 heteroatoms. The largest absolute Gasteiger partial charge is 0.379 e. The van der Waals surface area contributed by atoms with E-state index in [1.807, 2.05) is 6.92 Å². The fraction of sp³-hybridized carbons (Fsp3) is 0.926. The van der Waals surface area contributed by atoms with Crippen molar-refractivity contribution in [2.75, 3.05) is 45.9 Å². The molecule has 4 saturated heterocycles. The highest BCUT2D eigenvalue weighted by atomic mass is 16.5. The molecule has 0 bridgehead atoms. The second kappa shape index (κ2) is 10.3. The van der Waals surface area contributed by atoms with E-state index in [1.165, 1.54) is 19.3 Å². The molecule has 2 saturated carbocycles. The molecule has 0 radical (unpaired) electrons. The second-order valence-electron chi connectivity index (χ2n) is 11.9. The van der Waals surface area contributed by atoms with E-state index in [9.17, 15) is 9.59 Å². The number of morpholine rings is 1. The van der Waals surface area contributed by atoms with Gasteiger partial charge in [-0.1, -0.05) is 12.8 Å². The van der Waals surface area contributed by atoms with E-state index in [0.717, 1.165) is 71.5 Å². The maximum absolute atomic E-state index is 13.7. The quantitative estimate of drug-likeness (QED) is 0.588. The van der Waals surface area contributed by atoms with Crippen molar-refractivity contribution in [1.82, 2.24) is 20.4 Å². The van der Waals surface area contributed by atoms with Crippen LogP contribution in [0.15, 0.2) is 0 Å². The van der Waals surface area contributed by atoms with Crippen molar-refractivity contribution in [1.29, 1.82) is 0 Å². The molecule has 196 valence electrons. The van der Waals surface area contributed by atoms with Crippen LogP contribution in [0.3, 0.4) is 0 Å². The monoisotopic (exact) mass is 488 g/mol. The first-order chi connectivity index (χ1) is 17.1. The van der Waals surface area contributed by atoms with Gasteiger partial charge >= 0.3 is 0 Å². The molecule has 6 fully saturated rings. The number of piperidine rings is 2. The number of ether oxygens (including phenoxy) is 2. The summed E-state index contributed by atoms with van der Waals surface area (Å²) in [5.74, 6) is 2.33. The fourth-order valence-electron chi connectivity index (χ4n) is 8.58. The molecule has 9 atom stereocenters. The Kier molecular flexibility index (Phi) is 7.08. The van der Waals surface area contributed by atoms with Crippen LogP contribution < -0.4 is 10.6 Å². The summed E-state index contributed by atoms with van der Waals surface area (Å²) in [4.78, 5) is 31.1. The van der Waals surface area contributed by atoms with Gasteiger partial charge in [0.15, 0.2) is 0 Å². The molecule has 6 aliphatic rings. The van der Waals surface area contributed by atoms with E-state index < -0.39 is 6.10 Å². The lowest BCUT2D eigenvalue weighted by atomic mass is 9.66. The Labute approximate surface area is 209 Å². The number of nitrogens with one attached hydrogen (secondary N) is 2. The topological polar surface area (TPSA) is 83.1 Å². The summed E-state index contributed by atoms with van der Waals surface area (Å²) in [6, 6.07) is 1.24. The van der Waals surface area contributed by atoms with Gasteiger partial charge in [-0.3, -0.25) is 14.5 Å². The zero-order valence-corrected chi connectivity index (χ0v) is 21.3. The Balaban J connectivity index is 1.06. The lowest BCUT2D eigenvalue weighted by Crippen LogP contribution is -2.66. The molecule has 2 aliphatic carbocycles. The lowest BCUT2D eigenvalue weighted by molar-refractivity contribution is -0.152. The van der Waals surface area contributed by atoms with Crippen molar-refractivity contribution < 1.29 is 19.1 Å². The SMILES string of the molecule is C[C@H](OC1CCC2C(C1)C1CCNC3C4CCCCC4C(=O)N2C13)C(=O)NCCN1CCOCC1. The number of carbonyl (C=O) groups excluding carboxylic acids is 2. The molecule has 4 aliphatic heterocycles. The van der Waals surface area contributed by atoms with Crippen LogP contribution in [-0.2, 0) is 19.1 Å². The standard InChI is InChI=1S/C27H44N4O4/c1-17(26(32)29-10-11-30-12-14-34-15-13-30)35-18-6-7-23-22(16-18)20-8-9-28-24-19-4-2-3-5-21(19)27(33)31(23)25(20)24/h17-25,28H,2-16H2,1H3,(H,29,32)/t17-,18?,19?,20?,21?,22?,23?,24?,25?/m0/s1. The number of rotatable bonds is 6. The van der Waals surface area contributed by atoms with Gasteiger partial charge in [0, 0.05) is 44.2 Å². The molecule has 8 nitrogen and oxygen atoms in total. The van der Waals surface area contributed by atoms with Crippen molar-refractivity contribution in [3.8, 4) is 0 Å². The Hall–Kier alpha value is -1.22. The highest BCUT2D eigenvalue weighted by molar-refractivity contribution is 5.82. The van der Waals surface area contributed by atoms with Gasteiger partial charge in [-0.2, -0.15) is 0 Å². The van der Waals surface area contributed by atoms with Crippen LogP contribution >= 0.6 is 0 Å².